The van der Waals surface area contributed by atoms with Gasteiger partial charge in [-0.15, -0.1) is 0 Å². The van der Waals surface area contributed by atoms with Gasteiger partial charge in [-0.1, -0.05) is 6.92 Å². The van der Waals surface area contributed by atoms with Gasteiger partial charge in [-0.25, -0.2) is 0 Å². The lowest BCUT2D eigenvalue weighted by molar-refractivity contribution is 0.602. The second-order valence-electron chi connectivity index (χ2n) is 2.97. The van der Waals surface area contributed by atoms with Gasteiger partial charge in [0.05, 0.1) is 6.20 Å². The van der Waals surface area contributed by atoms with Gasteiger partial charge in [0.25, 0.3) is 0 Å². The molecule has 0 saturated carbocycles. The summed E-state index contributed by atoms with van der Waals surface area (Å²) in [7, 11) is 1.97. The van der Waals surface area contributed by atoms with Crippen LogP contribution in [0, 0.1) is 0 Å². The summed E-state index contributed by atoms with van der Waals surface area (Å²) in [4.78, 5) is 0. The van der Waals surface area contributed by atoms with E-state index in [1.165, 1.54) is 5.56 Å². The SMILES string of the molecule is CCCn1cc(CCNC)cn1. The van der Waals surface area contributed by atoms with Crippen molar-refractivity contribution < 1.29 is 0 Å². The molecule has 1 aromatic rings. The highest BCUT2D eigenvalue weighted by atomic mass is 15.3. The monoisotopic (exact) mass is 167 g/mol. The van der Waals surface area contributed by atoms with E-state index in [1.807, 2.05) is 17.9 Å². The molecule has 1 heterocycles. The molecule has 3 nitrogen and oxygen atoms in total. The number of hydrogen-bond acceptors (Lipinski definition) is 2. The maximum atomic E-state index is 4.25. The van der Waals surface area contributed by atoms with E-state index in [4.69, 9.17) is 0 Å². The van der Waals surface area contributed by atoms with Crippen LogP contribution in [0.5, 0.6) is 0 Å². The molecule has 0 aliphatic rings. The molecule has 0 spiro atoms. The minimum Gasteiger partial charge on any atom is -0.319 e. The summed E-state index contributed by atoms with van der Waals surface area (Å²) in [6.07, 6.45) is 6.29. The molecule has 0 amide bonds. The van der Waals surface area contributed by atoms with Gasteiger partial charge < -0.3 is 5.32 Å². The molecule has 0 unspecified atom stereocenters. The Morgan fingerprint density at radius 1 is 1.58 bits per heavy atom. The van der Waals surface area contributed by atoms with Crippen molar-refractivity contribution in [2.24, 2.45) is 0 Å². The second-order valence-corrected chi connectivity index (χ2v) is 2.97. The van der Waals surface area contributed by atoms with Crippen LogP contribution in [0.1, 0.15) is 18.9 Å². The number of aromatic nitrogens is 2. The summed E-state index contributed by atoms with van der Waals surface area (Å²) in [6, 6.07) is 0. The third kappa shape index (κ3) is 2.66. The molecule has 0 saturated heterocycles. The van der Waals surface area contributed by atoms with E-state index in [-0.39, 0.29) is 0 Å². The number of rotatable bonds is 5. The van der Waals surface area contributed by atoms with Crippen LogP contribution in [-0.2, 0) is 13.0 Å². The fourth-order valence-electron chi connectivity index (χ4n) is 1.16. The molecule has 1 rings (SSSR count). The van der Waals surface area contributed by atoms with E-state index in [1.54, 1.807) is 0 Å². The minimum atomic E-state index is 1.03. The van der Waals surface area contributed by atoms with Crippen LogP contribution in [0.2, 0.25) is 0 Å². The van der Waals surface area contributed by atoms with Gasteiger partial charge in [-0.05, 0) is 32.0 Å². The fourth-order valence-corrected chi connectivity index (χ4v) is 1.16. The Labute approximate surface area is 73.8 Å². The summed E-state index contributed by atoms with van der Waals surface area (Å²) in [6.45, 7) is 4.21. The van der Waals surface area contributed by atoms with Crippen LogP contribution in [0.4, 0.5) is 0 Å². The Balaban J connectivity index is 2.41. The highest BCUT2D eigenvalue weighted by Crippen LogP contribution is 1.98. The van der Waals surface area contributed by atoms with E-state index < -0.39 is 0 Å². The molecule has 0 fully saturated rings. The summed E-state index contributed by atoms with van der Waals surface area (Å²) in [5.74, 6) is 0. The standard InChI is InChI=1S/C9H17N3/c1-3-6-12-8-9(7-11-12)4-5-10-2/h7-8,10H,3-6H2,1-2H3. The van der Waals surface area contributed by atoms with Gasteiger partial charge in [0, 0.05) is 12.7 Å². The van der Waals surface area contributed by atoms with Crippen LogP contribution >= 0.6 is 0 Å². The van der Waals surface area contributed by atoms with Gasteiger partial charge in [0.2, 0.25) is 0 Å². The zero-order valence-corrected chi connectivity index (χ0v) is 7.88. The predicted molar refractivity (Wildman–Crippen MR) is 50.1 cm³/mol. The lowest BCUT2D eigenvalue weighted by atomic mass is 10.2. The van der Waals surface area contributed by atoms with Crippen LogP contribution in [0.3, 0.4) is 0 Å². The van der Waals surface area contributed by atoms with Gasteiger partial charge in [-0.3, -0.25) is 4.68 Å². The van der Waals surface area contributed by atoms with Crippen molar-refractivity contribution in [1.82, 2.24) is 15.1 Å². The van der Waals surface area contributed by atoms with Crippen molar-refractivity contribution in [1.29, 1.82) is 0 Å². The summed E-state index contributed by atoms with van der Waals surface area (Å²) in [5.41, 5.74) is 1.32. The minimum absolute atomic E-state index is 1.03. The first-order valence-corrected chi connectivity index (χ1v) is 4.52. The lowest BCUT2D eigenvalue weighted by Gasteiger charge is -1.96. The molecule has 0 aliphatic carbocycles. The third-order valence-corrected chi connectivity index (χ3v) is 1.80. The molecule has 3 heteroatoms. The van der Waals surface area contributed by atoms with Crippen molar-refractivity contribution in [3.05, 3.63) is 18.0 Å². The Morgan fingerprint density at radius 3 is 3.08 bits per heavy atom. The molecule has 0 radical (unpaired) electrons. The van der Waals surface area contributed by atoms with Crippen molar-refractivity contribution in [3.8, 4) is 0 Å². The van der Waals surface area contributed by atoms with Crippen LogP contribution in [0.15, 0.2) is 12.4 Å². The third-order valence-electron chi connectivity index (χ3n) is 1.80. The zero-order valence-electron chi connectivity index (χ0n) is 7.88. The maximum absolute atomic E-state index is 4.25. The van der Waals surface area contributed by atoms with E-state index in [9.17, 15) is 0 Å². The van der Waals surface area contributed by atoms with Crippen molar-refractivity contribution in [2.45, 2.75) is 26.3 Å². The van der Waals surface area contributed by atoms with Crippen LogP contribution in [0.25, 0.3) is 0 Å². The number of aryl methyl sites for hydroxylation is 1. The first-order chi connectivity index (χ1) is 5.86. The molecule has 68 valence electrons. The molecule has 0 atom stereocenters. The molecule has 0 aromatic carbocycles. The van der Waals surface area contributed by atoms with Gasteiger partial charge in [-0.2, -0.15) is 5.10 Å². The Morgan fingerprint density at radius 2 is 2.42 bits per heavy atom. The predicted octanol–water partition coefficient (Wildman–Crippen LogP) is 1.05. The molecule has 12 heavy (non-hydrogen) atoms. The largest absolute Gasteiger partial charge is 0.319 e. The summed E-state index contributed by atoms with van der Waals surface area (Å²) < 4.78 is 2.00. The topological polar surface area (TPSA) is 29.9 Å². The molecule has 1 aromatic heterocycles. The van der Waals surface area contributed by atoms with E-state index >= 15 is 0 Å². The fraction of sp³-hybridized carbons (Fsp3) is 0.667. The first-order valence-electron chi connectivity index (χ1n) is 4.52. The van der Waals surface area contributed by atoms with Crippen molar-refractivity contribution in [3.63, 3.8) is 0 Å². The number of hydrogen-bond donors (Lipinski definition) is 1. The van der Waals surface area contributed by atoms with Crippen molar-refractivity contribution in [2.75, 3.05) is 13.6 Å². The smallest absolute Gasteiger partial charge is 0.0522 e. The number of likely N-dealkylation sites (N-methyl/N-ethyl adjacent to an activating group) is 1. The number of nitrogens with one attached hydrogen (secondary N) is 1. The van der Waals surface area contributed by atoms with Crippen LogP contribution < -0.4 is 5.32 Å². The molecular weight excluding hydrogens is 150 g/mol. The average Bonchev–Trinajstić information content (AvgIpc) is 2.50. The summed E-state index contributed by atoms with van der Waals surface area (Å²) >= 11 is 0. The first kappa shape index (κ1) is 9.26. The Kier molecular flexibility index (Phi) is 3.80. The molecular formula is C9H17N3. The second kappa shape index (κ2) is 4.93. The van der Waals surface area contributed by atoms with Crippen molar-refractivity contribution >= 4 is 0 Å². The molecule has 0 aliphatic heterocycles. The number of nitrogens with zero attached hydrogens (tertiary/aromatic N) is 2. The Bertz CT molecular complexity index is 217. The maximum Gasteiger partial charge on any atom is 0.0522 e. The van der Waals surface area contributed by atoms with Gasteiger partial charge in [0.1, 0.15) is 0 Å². The Hall–Kier alpha value is -0.830. The summed E-state index contributed by atoms with van der Waals surface area (Å²) in [5, 5.41) is 7.37. The van der Waals surface area contributed by atoms with Crippen LogP contribution in [-0.4, -0.2) is 23.4 Å². The normalized spacial score (nSPS) is 10.5. The van der Waals surface area contributed by atoms with E-state index in [0.29, 0.717) is 0 Å². The quantitative estimate of drug-likeness (QED) is 0.710. The highest BCUT2D eigenvalue weighted by Gasteiger charge is 1.95. The highest BCUT2D eigenvalue weighted by molar-refractivity contribution is 5.04. The average molecular weight is 167 g/mol. The molecule has 1 N–H and O–H groups in total. The van der Waals surface area contributed by atoms with E-state index in [2.05, 4.69) is 23.5 Å². The zero-order chi connectivity index (χ0) is 8.81. The van der Waals surface area contributed by atoms with Gasteiger partial charge in [0.15, 0.2) is 0 Å². The molecule has 0 bridgehead atoms. The van der Waals surface area contributed by atoms with E-state index in [0.717, 1.165) is 25.9 Å². The lowest BCUT2D eigenvalue weighted by Crippen LogP contribution is -2.09. The van der Waals surface area contributed by atoms with Gasteiger partial charge >= 0.3 is 0 Å².